The van der Waals surface area contributed by atoms with Crippen LogP contribution in [0.4, 0.5) is 4.39 Å². The van der Waals surface area contributed by atoms with Gasteiger partial charge in [0.25, 0.3) is 0 Å². The highest BCUT2D eigenvalue weighted by atomic mass is 19.1. The minimum absolute atomic E-state index is 0.0528. The molecule has 0 spiro atoms. The van der Waals surface area contributed by atoms with E-state index < -0.39 is 0 Å². The van der Waals surface area contributed by atoms with Crippen LogP contribution in [0, 0.1) is 5.82 Å². The zero-order valence-corrected chi connectivity index (χ0v) is 11.3. The van der Waals surface area contributed by atoms with Crippen LogP contribution >= 0.6 is 0 Å². The zero-order chi connectivity index (χ0) is 14.4. The van der Waals surface area contributed by atoms with Crippen molar-refractivity contribution in [2.24, 2.45) is 0 Å². The number of ether oxygens (including phenoxy) is 2. The molecule has 0 heterocycles. The first-order chi connectivity index (χ1) is 9.74. The molecule has 0 aliphatic heterocycles. The molecule has 0 aromatic heterocycles. The fraction of sp³-hybridized carbons (Fsp3) is 0.250. The standard InChI is InChI=1S/C16H17FO3/c1-19-14-7-6-13(15(17)10-14)11-20-16-5-3-2-4-12(16)8-9-18/h2-7,10,18H,8-9,11H2,1H3. The van der Waals surface area contributed by atoms with Crippen molar-refractivity contribution in [1.29, 1.82) is 0 Å². The Kier molecular flexibility index (Phi) is 4.96. The van der Waals surface area contributed by atoms with Crippen molar-refractivity contribution in [3.8, 4) is 11.5 Å². The first kappa shape index (κ1) is 14.3. The Bertz CT molecular complexity index is 569. The van der Waals surface area contributed by atoms with Crippen LogP contribution in [0.5, 0.6) is 11.5 Å². The minimum atomic E-state index is -0.357. The molecular weight excluding hydrogens is 259 g/mol. The second-order valence-electron chi connectivity index (χ2n) is 4.33. The fourth-order valence-corrected chi connectivity index (χ4v) is 1.90. The van der Waals surface area contributed by atoms with Gasteiger partial charge in [0.05, 0.1) is 7.11 Å². The highest BCUT2D eigenvalue weighted by Gasteiger charge is 2.07. The summed E-state index contributed by atoms with van der Waals surface area (Å²) in [5, 5.41) is 9.00. The lowest BCUT2D eigenvalue weighted by Crippen LogP contribution is -2.02. The predicted octanol–water partition coefficient (Wildman–Crippen LogP) is 2.95. The maximum absolute atomic E-state index is 13.8. The average Bonchev–Trinajstić information content (AvgIpc) is 2.47. The Morgan fingerprint density at radius 2 is 1.90 bits per heavy atom. The van der Waals surface area contributed by atoms with Crippen LogP contribution in [0.25, 0.3) is 0 Å². The number of aliphatic hydroxyl groups is 1. The second kappa shape index (κ2) is 6.91. The third kappa shape index (κ3) is 3.48. The summed E-state index contributed by atoms with van der Waals surface area (Å²) in [6.45, 7) is 0.190. The molecule has 1 N–H and O–H groups in total. The van der Waals surface area contributed by atoms with Gasteiger partial charge in [0.2, 0.25) is 0 Å². The number of benzene rings is 2. The molecule has 3 nitrogen and oxygen atoms in total. The molecule has 0 saturated heterocycles. The van der Waals surface area contributed by atoms with Gasteiger partial charge < -0.3 is 14.6 Å². The van der Waals surface area contributed by atoms with Crippen LogP contribution in [-0.2, 0) is 13.0 Å². The molecule has 2 rings (SSSR count). The predicted molar refractivity (Wildman–Crippen MR) is 74.5 cm³/mol. The number of methoxy groups -OCH3 is 1. The highest BCUT2D eigenvalue weighted by molar-refractivity contribution is 5.34. The van der Waals surface area contributed by atoms with Crippen LogP contribution in [0.2, 0.25) is 0 Å². The van der Waals surface area contributed by atoms with E-state index in [1.54, 1.807) is 12.1 Å². The van der Waals surface area contributed by atoms with E-state index in [2.05, 4.69) is 0 Å². The molecule has 2 aromatic rings. The Hall–Kier alpha value is -2.07. The van der Waals surface area contributed by atoms with Crippen LogP contribution in [-0.4, -0.2) is 18.8 Å². The van der Waals surface area contributed by atoms with E-state index in [4.69, 9.17) is 14.6 Å². The van der Waals surface area contributed by atoms with Crippen molar-refractivity contribution in [1.82, 2.24) is 0 Å². The summed E-state index contributed by atoms with van der Waals surface area (Å²) in [5.74, 6) is 0.785. The van der Waals surface area contributed by atoms with E-state index >= 15 is 0 Å². The molecule has 0 atom stereocenters. The van der Waals surface area contributed by atoms with Crippen molar-refractivity contribution in [2.45, 2.75) is 13.0 Å². The van der Waals surface area contributed by atoms with Gasteiger partial charge in [-0.05, 0) is 30.2 Å². The number of para-hydroxylation sites is 1. The summed E-state index contributed by atoms with van der Waals surface area (Å²) >= 11 is 0. The van der Waals surface area contributed by atoms with E-state index in [-0.39, 0.29) is 19.0 Å². The molecular formula is C16H17FO3. The van der Waals surface area contributed by atoms with Crippen LogP contribution < -0.4 is 9.47 Å². The lowest BCUT2D eigenvalue weighted by Gasteiger charge is -2.11. The van der Waals surface area contributed by atoms with E-state index in [9.17, 15) is 4.39 Å². The molecule has 0 bridgehead atoms. The summed E-state index contributed by atoms with van der Waals surface area (Å²) < 4.78 is 24.4. The molecule has 0 unspecified atom stereocenters. The summed E-state index contributed by atoms with van der Waals surface area (Å²) in [7, 11) is 1.50. The number of rotatable bonds is 6. The van der Waals surface area contributed by atoms with Crippen molar-refractivity contribution >= 4 is 0 Å². The largest absolute Gasteiger partial charge is 0.497 e. The monoisotopic (exact) mass is 276 g/mol. The maximum Gasteiger partial charge on any atom is 0.133 e. The third-order valence-corrected chi connectivity index (χ3v) is 3.00. The lowest BCUT2D eigenvalue weighted by atomic mass is 10.1. The fourth-order valence-electron chi connectivity index (χ4n) is 1.90. The van der Waals surface area contributed by atoms with Crippen molar-refractivity contribution < 1.29 is 19.0 Å². The van der Waals surface area contributed by atoms with Gasteiger partial charge in [0.15, 0.2) is 0 Å². The first-order valence-corrected chi connectivity index (χ1v) is 6.38. The molecule has 0 fully saturated rings. The smallest absolute Gasteiger partial charge is 0.133 e. The molecule has 0 aliphatic carbocycles. The molecule has 0 amide bonds. The zero-order valence-electron chi connectivity index (χ0n) is 11.3. The van der Waals surface area contributed by atoms with E-state index in [0.29, 0.717) is 23.5 Å². The summed E-state index contributed by atoms with van der Waals surface area (Å²) in [5.41, 5.74) is 1.37. The van der Waals surface area contributed by atoms with Crippen molar-refractivity contribution in [3.63, 3.8) is 0 Å². The van der Waals surface area contributed by atoms with Crippen molar-refractivity contribution in [3.05, 3.63) is 59.4 Å². The first-order valence-electron chi connectivity index (χ1n) is 6.38. The summed E-state index contributed by atoms with van der Waals surface area (Å²) in [6, 6.07) is 12.1. The number of halogens is 1. The van der Waals surface area contributed by atoms with Crippen LogP contribution in [0.15, 0.2) is 42.5 Å². The van der Waals surface area contributed by atoms with Gasteiger partial charge in [-0.3, -0.25) is 0 Å². The molecule has 0 aliphatic rings. The molecule has 2 aromatic carbocycles. The van der Waals surface area contributed by atoms with Gasteiger partial charge in [-0.15, -0.1) is 0 Å². The van der Waals surface area contributed by atoms with Crippen molar-refractivity contribution in [2.75, 3.05) is 13.7 Å². The Morgan fingerprint density at radius 3 is 2.60 bits per heavy atom. The number of hydrogen-bond donors (Lipinski definition) is 1. The average molecular weight is 276 g/mol. The normalized spacial score (nSPS) is 10.3. The maximum atomic E-state index is 13.8. The third-order valence-electron chi connectivity index (χ3n) is 3.00. The van der Waals surface area contributed by atoms with Gasteiger partial charge >= 0.3 is 0 Å². The van der Waals surface area contributed by atoms with Gasteiger partial charge in [-0.25, -0.2) is 4.39 Å². The summed E-state index contributed by atoms with van der Waals surface area (Å²) in [6.07, 6.45) is 0.515. The number of aliphatic hydroxyl groups excluding tert-OH is 1. The highest BCUT2D eigenvalue weighted by Crippen LogP contribution is 2.22. The van der Waals surface area contributed by atoms with E-state index in [0.717, 1.165) is 5.56 Å². The second-order valence-corrected chi connectivity index (χ2v) is 4.33. The van der Waals surface area contributed by atoms with Crippen LogP contribution in [0.1, 0.15) is 11.1 Å². The topological polar surface area (TPSA) is 38.7 Å². The minimum Gasteiger partial charge on any atom is -0.497 e. The Balaban J connectivity index is 2.09. The Morgan fingerprint density at radius 1 is 1.10 bits per heavy atom. The van der Waals surface area contributed by atoms with Gasteiger partial charge in [-0.1, -0.05) is 18.2 Å². The number of hydrogen-bond acceptors (Lipinski definition) is 3. The summed E-state index contributed by atoms with van der Waals surface area (Å²) in [4.78, 5) is 0. The molecule has 0 saturated carbocycles. The molecule has 20 heavy (non-hydrogen) atoms. The van der Waals surface area contributed by atoms with Crippen LogP contribution in [0.3, 0.4) is 0 Å². The molecule has 106 valence electrons. The molecule has 0 radical (unpaired) electrons. The molecule has 4 heteroatoms. The van der Waals surface area contributed by atoms with E-state index in [1.165, 1.54) is 13.2 Å². The van der Waals surface area contributed by atoms with Gasteiger partial charge in [0, 0.05) is 18.2 Å². The quantitative estimate of drug-likeness (QED) is 0.881. The Labute approximate surface area is 117 Å². The van der Waals surface area contributed by atoms with Gasteiger partial charge in [0.1, 0.15) is 23.9 Å². The lowest BCUT2D eigenvalue weighted by molar-refractivity contribution is 0.281. The van der Waals surface area contributed by atoms with E-state index in [1.807, 2.05) is 24.3 Å². The SMILES string of the molecule is COc1ccc(COc2ccccc2CCO)c(F)c1. The van der Waals surface area contributed by atoms with Gasteiger partial charge in [-0.2, -0.15) is 0 Å².